The Hall–Kier alpha value is -0.275. The van der Waals surface area contributed by atoms with Crippen LogP contribution in [0.2, 0.25) is 0 Å². The average Bonchev–Trinajstić information content (AvgIpc) is 1.89. The molecule has 0 unspecified atom stereocenters. The zero-order chi connectivity index (χ0) is 7.11. The highest BCUT2D eigenvalue weighted by molar-refractivity contribution is 6.04. The summed E-state index contributed by atoms with van der Waals surface area (Å²) in [6.07, 6.45) is 1.75. The maximum Gasteiger partial charge on any atom is 0.182 e. The van der Waals surface area contributed by atoms with Crippen molar-refractivity contribution in [2.45, 2.75) is 13.0 Å². The van der Waals surface area contributed by atoms with Gasteiger partial charge in [-0.1, -0.05) is 6.08 Å². The first-order valence-corrected chi connectivity index (χ1v) is 3.17. The molecule has 0 saturated heterocycles. The minimum atomic E-state index is 0.435. The van der Waals surface area contributed by atoms with E-state index in [2.05, 4.69) is 18.7 Å². The summed E-state index contributed by atoms with van der Waals surface area (Å²) in [5.41, 5.74) is 0. The molecule has 0 heterocycles. The molecule has 0 aliphatic heterocycles. The van der Waals surface area contributed by atoms with Gasteiger partial charge in [-0.25, -0.2) is 0 Å². The number of nitrogens with one attached hydrogen (secondary N) is 1. The van der Waals surface area contributed by atoms with Crippen molar-refractivity contribution in [1.29, 1.82) is 0 Å². The van der Waals surface area contributed by atoms with E-state index >= 15 is 0 Å². The number of rotatable bonds is 5. The van der Waals surface area contributed by atoms with Crippen molar-refractivity contribution in [3.8, 4) is 0 Å². The van der Waals surface area contributed by atoms with Crippen LogP contribution in [0.15, 0.2) is 12.7 Å². The Balaban J connectivity index is 2.96. The van der Waals surface area contributed by atoms with Gasteiger partial charge in [-0.05, 0) is 6.92 Å². The quantitative estimate of drug-likeness (QED) is 0.311. The minimum absolute atomic E-state index is 0.435. The Labute approximate surface area is 57.7 Å². The van der Waals surface area contributed by atoms with Gasteiger partial charge in [0.2, 0.25) is 0 Å². The van der Waals surface area contributed by atoms with Crippen LogP contribution in [0.4, 0.5) is 0 Å². The van der Waals surface area contributed by atoms with Crippen molar-refractivity contribution in [3.63, 3.8) is 0 Å². The predicted molar refractivity (Wildman–Crippen MR) is 42.2 cm³/mol. The molecule has 0 amide bonds. The monoisotopic (exact) mass is 127 g/mol. The standard InChI is InChI=1S/C6H14BNO/c1-3-4-9-5-6(2)8-7/h3,6,8H,1,4-5,7H2,2H3/t6-/m1/s1. The second-order valence-corrected chi connectivity index (χ2v) is 2.02. The Morgan fingerprint density at radius 3 is 3.00 bits per heavy atom. The highest BCUT2D eigenvalue weighted by atomic mass is 16.5. The third-order valence-corrected chi connectivity index (χ3v) is 1.10. The predicted octanol–water partition coefficient (Wildman–Crippen LogP) is -0.285. The summed E-state index contributed by atoms with van der Waals surface area (Å²) in [4.78, 5) is 0. The van der Waals surface area contributed by atoms with Gasteiger partial charge in [-0.2, -0.15) is 0 Å². The first-order chi connectivity index (χ1) is 4.31. The summed E-state index contributed by atoms with van der Waals surface area (Å²) in [5.74, 6) is 0. The molecule has 9 heavy (non-hydrogen) atoms. The Bertz CT molecular complexity index is 77.5. The maximum absolute atomic E-state index is 5.15. The van der Waals surface area contributed by atoms with Gasteiger partial charge in [0.15, 0.2) is 7.98 Å². The molecule has 0 bridgehead atoms. The molecule has 0 spiro atoms. The molecule has 0 rings (SSSR count). The van der Waals surface area contributed by atoms with E-state index < -0.39 is 0 Å². The Morgan fingerprint density at radius 2 is 2.56 bits per heavy atom. The molecule has 1 atom stereocenters. The van der Waals surface area contributed by atoms with Gasteiger partial charge in [0, 0.05) is 6.04 Å². The lowest BCUT2D eigenvalue weighted by molar-refractivity contribution is 0.147. The summed E-state index contributed by atoms with van der Waals surface area (Å²) in [5, 5.41) is 3.06. The number of hydrogen-bond donors (Lipinski definition) is 1. The number of hydrogen-bond acceptors (Lipinski definition) is 2. The van der Waals surface area contributed by atoms with Crippen LogP contribution in [0.25, 0.3) is 0 Å². The molecule has 0 radical (unpaired) electrons. The van der Waals surface area contributed by atoms with Crippen molar-refractivity contribution < 1.29 is 4.74 Å². The van der Waals surface area contributed by atoms with Crippen LogP contribution < -0.4 is 5.23 Å². The van der Waals surface area contributed by atoms with Crippen LogP contribution in [0.1, 0.15) is 6.92 Å². The van der Waals surface area contributed by atoms with Crippen molar-refractivity contribution in [2.75, 3.05) is 13.2 Å². The zero-order valence-corrected chi connectivity index (χ0v) is 6.18. The van der Waals surface area contributed by atoms with E-state index in [1.165, 1.54) is 0 Å². The molecule has 3 heteroatoms. The van der Waals surface area contributed by atoms with Crippen LogP contribution >= 0.6 is 0 Å². The second-order valence-electron chi connectivity index (χ2n) is 2.02. The molecule has 0 aliphatic rings. The topological polar surface area (TPSA) is 21.3 Å². The Morgan fingerprint density at radius 1 is 1.89 bits per heavy atom. The molecule has 52 valence electrons. The summed E-state index contributed by atoms with van der Waals surface area (Å²) in [6.45, 7) is 7.01. The SMILES string of the molecule is BN[C@H](C)COCC=C. The highest BCUT2D eigenvalue weighted by Crippen LogP contribution is 1.81. The molecule has 0 saturated carbocycles. The van der Waals surface area contributed by atoms with Crippen LogP contribution in [0, 0.1) is 0 Å². The zero-order valence-electron chi connectivity index (χ0n) is 6.18. The lowest BCUT2D eigenvalue weighted by atomic mass is 10.3. The summed E-state index contributed by atoms with van der Waals surface area (Å²) >= 11 is 0. The Kier molecular flexibility index (Phi) is 5.68. The van der Waals surface area contributed by atoms with Gasteiger partial charge < -0.3 is 9.96 Å². The van der Waals surface area contributed by atoms with Crippen LogP contribution in [-0.2, 0) is 4.74 Å². The summed E-state index contributed by atoms with van der Waals surface area (Å²) in [7, 11) is 1.92. The lowest BCUT2D eigenvalue weighted by Crippen LogP contribution is -2.27. The molecule has 0 aromatic heterocycles. The highest BCUT2D eigenvalue weighted by Gasteiger charge is 1.93. The molecule has 0 fully saturated rings. The van der Waals surface area contributed by atoms with Crippen LogP contribution in [0.5, 0.6) is 0 Å². The molecule has 0 aliphatic carbocycles. The molecular weight excluding hydrogens is 113 g/mol. The lowest BCUT2D eigenvalue weighted by Gasteiger charge is -2.08. The van der Waals surface area contributed by atoms with E-state index in [0.29, 0.717) is 12.6 Å². The largest absolute Gasteiger partial charge is 0.376 e. The van der Waals surface area contributed by atoms with E-state index in [4.69, 9.17) is 4.74 Å². The van der Waals surface area contributed by atoms with Gasteiger partial charge in [0.25, 0.3) is 0 Å². The second kappa shape index (κ2) is 5.85. The van der Waals surface area contributed by atoms with Gasteiger partial charge in [0.05, 0.1) is 13.2 Å². The first-order valence-electron chi connectivity index (χ1n) is 3.17. The van der Waals surface area contributed by atoms with E-state index in [9.17, 15) is 0 Å². The normalized spacial score (nSPS) is 13.0. The van der Waals surface area contributed by atoms with Crippen LogP contribution in [0.3, 0.4) is 0 Å². The third kappa shape index (κ3) is 5.60. The molecule has 1 N–H and O–H groups in total. The summed E-state index contributed by atoms with van der Waals surface area (Å²) < 4.78 is 5.15. The fourth-order valence-electron chi connectivity index (χ4n) is 0.411. The fraction of sp³-hybridized carbons (Fsp3) is 0.667. The minimum Gasteiger partial charge on any atom is -0.376 e. The van der Waals surface area contributed by atoms with Crippen molar-refractivity contribution in [2.24, 2.45) is 0 Å². The molecule has 0 aromatic carbocycles. The van der Waals surface area contributed by atoms with Gasteiger partial charge in [0.1, 0.15) is 0 Å². The number of ether oxygens (including phenoxy) is 1. The van der Waals surface area contributed by atoms with Crippen molar-refractivity contribution in [3.05, 3.63) is 12.7 Å². The average molecular weight is 127 g/mol. The van der Waals surface area contributed by atoms with Gasteiger partial charge in [-0.3, -0.25) is 0 Å². The third-order valence-electron chi connectivity index (χ3n) is 1.10. The smallest absolute Gasteiger partial charge is 0.182 e. The summed E-state index contributed by atoms with van der Waals surface area (Å²) in [6, 6.07) is 0.435. The fourth-order valence-corrected chi connectivity index (χ4v) is 0.411. The van der Waals surface area contributed by atoms with Gasteiger partial charge >= 0.3 is 0 Å². The van der Waals surface area contributed by atoms with E-state index in [0.717, 1.165) is 6.61 Å². The van der Waals surface area contributed by atoms with Crippen molar-refractivity contribution in [1.82, 2.24) is 5.23 Å². The van der Waals surface area contributed by atoms with E-state index in [-0.39, 0.29) is 0 Å². The van der Waals surface area contributed by atoms with E-state index in [1.807, 2.05) is 7.98 Å². The van der Waals surface area contributed by atoms with Crippen LogP contribution in [-0.4, -0.2) is 27.2 Å². The molecule has 2 nitrogen and oxygen atoms in total. The maximum atomic E-state index is 5.15. The molecule has 0 aromatic rings. The molecular formula is C6H14BNO. The van der Waals surface area contributed by atoms with Gasteiger partial charge in [-0.15, -0.1) is 6.58 Å². The first kappa shape index (κ1) is 8.72. The van der Waals surface area contributed by atoms with Crippen molar-refractivity contribution >= 4 is 7.98 Å². The van der Waals surface area contributed by atoms with E-state index in [1.54, 1.807) is 6.08 Å².